The maximum absolute atomic E-state index is 12.9. The number of benzene rings is 1. The van der Waals surface area contributed by atoms with Gasteiger partial charge in [-0.15, -0.1) is 6.58 Å². The van der Waals surface area contributed by atoms with E-state index in [4.69, 9.17) is 11.6 Å². The molecule has 0 atom stereocenters. The SMILES string of the molecule is C=CCNc1ncnc(Nc2ccc(Cl)c(C(F)(F)F)c2)c1[N+](=O)[O-]. The van der Waals surface area contributed by atoms with Crippen molar-refractivity contribution in [3.63, 3.8) is 0 Å². The highest BCUT2D eigenvalue weighted by Gasteiger charge is 2.33. The summed E-state index contributed by atoms with van der Waals surface area (Å²) in [7, 11) is 0. The van der Waals surface area contributed by atoms with Crippen molar-refractivity contribution in [1.29, 1.82) is 0 Å². The molecule has 0 aliphatic carbocycles. The number of halogens is 4. The second-order valence-electron chi connectivity index (χ2n) is 4.66. The number of nitrogens with zero attached hydrogens (tertiary/aromatic N) is 3. The molecule has 0 saturated heterocycles. The molecule has 0 unspecified atom stereocenters. The van der Waals surface area contributed by atoms with E-state index < -0.39 is 27.4 Å². The third-order valence-corrected chi connectivity index (χ3v) is 3.28. The van der Waals surface area contributed by atoms with E-state index in [9.17, 15) is 23.3 Å². The van der Waals surface area contributed by atoms with Crippen LogP contribution in [-0.4, -0.2) is 21.4 Å². The van der Waals surface area contributed by atoms with Crippen LogP contribution in [0.4, 0.5) is 36.2 Å². The standard InChI is InChI=1S/C14H11ClF3N5O2/c1-2-5-19-12-11(23(24)25)13(21-7-20-12)22-8-3-4-10(15)9(6-8)14(16,17)18/h2-4,6-7H,1,5H2,(H2,19,20,21,22). The largest absolute Gasteiger partial charge is 0.417 e. The highest BCUT2D eigenvalue weighted by molar-refractivity contribution is 6.31. The number of hydrogen-bond donors (Lipinski definition) is 2. The number of alkyl halides is 3. The Morgan fingerprint density at radius 2 is 2.00 bits per heavy atom. The van der Waals surface area contributed by atoms with E-state index in [1.807, 2.05) is 0 Å². The van der Waals surface area contributed by atoms with E-state index in [2.05, 4.69) is 27.2 Å². The molecule has 1 aromatic carbocycles. The zero-order valence-corrected chi connectivity index (χ0v) is 13.2. The summed E-state index contributed by atoms with van der Waals surface area (Å²) in [5.41, 5.74) is -1.64. The summed E-state index contributed by atoms with van der Waals surface area (Å²) in [6.45, 7) is 3.68. The van der Waals surface area contributed by atoms with E-state index in [0.29, 0.717) is 0 Å². The van der Waals surface area contributed by atoms with E-state index in [-0.39, 0.29) is 23.9 Å². The van der Waals surface area contributed by atoms with Gasteiger partial charge in [0.2, 0.25) is 11.6 Å². The molecule has 2 rings (SSSR count). The minimum Gasteiger partial charge on any atom is -0.361 e. The quantitative estimate of drug-likeness (QED) is 0.443. The monoisotopic (exact) mass is 373 g/mol. The molecule has 2 aromatic rings. The molecule has 0 bridgehead atoms. The molecule has 0 spiro atoms. The molecule has 0 saturated carbocycles. The van der Waals surface area contributed by atoms with Crippen molar-refractivity contribution in [2.45, 2.75) is 6.18 Å². The summed E-state index contributed by atoms with van der Waals surface area (Å²) in [4.78, 5) is 18.0. The predicted molar refractivity (Wildman–Crippen MR) is 87.1 cm³/mol. The first-order chi connectivity index (χ1) is 11.7. The summed E-state index contributed by atoms with van der Waals surface area (Å²) in [5, 5.41) is 16.0. The van der Waals surface area contributed by atoms with Crippen LogP contribution in [0.2, 0.25) is 5.02 Å². The number of hydrogen-bond acceptors (Lipinski definition) is 6. The molecule has 7 nitrogen and oxygen atoms in total. The van der Waals surface area contributed by atoms with E-state index in [0.717, 1.165) is 18.5 Å². The molecule has 0 fully saturated rings. The molecule has 0 radical (unpaired) electrons. The van der Waals surface area contributed by atoms with Crippen molar-refractivity contribution < 1.29 is 18.1 Å². The van der Waals surface area contributed by atoms with Gasteiger partial charge in [-0.25, -0.2) is 9.97 Å². The first-order valence-electron chi connectivity index (χ1n) is 6.72. The van der Waals surface area contributed by atoms with Crippen molar-refractivity contribution >= 4 is 34.6 Å². The van der Waals surface area contributed by atoms with Crippen molar-refractivity contribution in [3.8, 4) is 0 Å². The maximum atomic E-state index is 12.9. The van der Waals surface area contributed by atoms with Crippen LogP contribution in [-0.2, 0) is 6.18 Å². The first-order valence-corrected chi connectivity index (χ1v) is 7.09. The van der Waals surface area contributed by atoms with Gasteiger partial charge >= 0.3 is 11.9 Å². The third-order valence-electron chi connectivity index (χ3n) is 2.95. The van der Waals surface area contributed by atoms with Crippen LogP contribution < -0.4 is 10.6 Å². The fourth-order valence-corrected chi connectivity index (χ4v) is 2.12. The van der Waals surface area contributed by atoms with Crippen LogP contribution in [0.5, 0.6) is 0 Å². The minimum absolute atomic E-state index is 0.0619. The predicted octanol–water partition coefficient (Wildman–Crippen LogP) is 4.40. The van der Waals surface area contributed by atoms with Crippen LogP contribution in [0.3, 0.4) is 0 Å². The van der Waals surface area contributed by atoms with Crippen molar-refractivity contribution in [2.75, 3.05) is 17.2 Å². The van der Waals surface area contributed by atoms with Gasteiger partial charge in [0.05, 0.1) is 15.5 Å². The van der Waals surface area contributed by atoms with Gasteiger partial charge in [0.1, 0.15) is 6.33 Å². The van der Waals surface area contributed by atoms with Gasteiger partial charge in [0, 0.05) is 12.2 Å². The fourth-order valence-electron chi connectivity index (χ4n) is 1.90. The lowest BCUT2D eigenvalue weighted by Gasteiger charge is -2.13. The van der Waals surface area contributed by atoms with Crippen molar-refractivity contribution in [2.24, 2.45) is 0 Å². The molecule has 2 N–H and O–H groups in total. The lowest BCUT2D eigenvalue weighted by molar-refractivity contribution is -0.383. The molecule has 0 amide bonds. The molecule has 1 aromatic heterocycles. The van der Waals surface area contributed by atoms with Gasteiger partial charge in [-0.05, 0) is 18.2 Å². The molecule has 0 aliphatic rings. The Labute approximate surface area is 144 Å². The lowest BCUT2D eigenvalue weighted by Crippen LogP contribution is -2.09. The highest BCUT2D eigenvalue weighted by Crippen LogP contribution is 2.37. The molecule has 132 valence electrons. The van der Waals surface area contributed by atoms with Crippen LogP contribution in [0, 0.1) is 10.1 Å². The second-order valence-corrected chi connectivity index (χ2v) is 5.07. The number of nitro groups is 1. The summed E-state index contributed by atoms with van der Waals surface area (Å²) in [6, 6.07) is 3.03. The summed E-state index contributed by atoms with van der Waals surface area (Å²) in [6.07, 6.45) is -2.15. The number of rotatable bonds is 6. The van der Waals surface area contributed by atoms with Gasteiger partial charge in [-0.3, -0.25) is 10.1 Å². The van der Waals surface area contributed by atoms with Crippen molar-refractivity contribution in [3.05, 3.63) is 57.9 Å². The van der Waals surface area contributed by atoms with Crippen LogP contribution in [0.25, 0.3) is 0 Å². The zero-order chi connectivity index (χ0) is 18.6. The van der Waals surface area contributed by atoms with Gasteiger partial charge in [-0.1, -0.05) is 17.7 Å². The van der Waals surface area contributed by atoms with E-state index >= 15 is 0 Å². The summed E-state index contributed by atoms with van der Waals surface area (Å²) < 4.78 is 38.7. The number of aromatic nitrogens is 2. The normalized spacial score (nSPS) is 11.0. The van der Waals surface area contributed by atoms with Gasteiger partial charge in [0.15, 0.2) is 0 Å². The van der Waals surface area contributed by atoms with Gasteiger partial charge in [0.25, 0.3) is 0 Å². The Balaban J connectivity index is 2.44. The van der Waals surface area contributed by atoms with Gasteiger partial charge in [-0.2, -0.15) is 13.2 Å². The Hall–Kier alpha value is -2.88. The lowest BCUT2D eigenvalue weighted by atomic mass is 10.2. The number of nitrogens with one attached hydrogen (secondary N) is 2. The van der Waals surface area contributed by atoms with Crippen molar-refractivity contribution in [1.82, 2.24) is 9.97 Å². The Morgan fingerprint density at radius 3 is 2.60 bits per heavy atom. The van der Waals surface area contributed by atoms with E-state index in [1.54, 1.807) is 0 Å². The van der Waals surface area contributed by atoms with Gasteiger partial charge < -0.3 is 10.6 Å². The molecular weight excluding hydrogens is 363 g/mol. The maximum Gasteiger partial charge on any atom is 0.417 e. The molecular formula is C14H11ClF3N5O2. The molecule has 11 heteroatoms. The topological polar surface area (TPSA) is 93.0 Å². The minimum atomic E-state index is -4.66. The third kappa shape index (κ3) is 4.35. The summed E-state index contributed by atoms with van der Waals surface area (Å²) in [5.74, 6) is -0.352. The number of anilines is 3. The average Bonchev–Trinajstić information content (AvgIpc) is 2.53. The first kappa shape index (κ1) is 18.5. The zero-order valence-electron chi connectivity index (χ0n) is 12.5. The Bertz CT molecular complexity index is 814. The molecule has 25 heavy (non-hydrogen) atoms. The smallest absolute Gasteiger partial charge is 0.361 e. The molecule has 1 heterocycles. The Kier molecular flexibility index (Phi) is 5.42. The highest BCUT2D eigenvalue weighted by atomic mass is 35.5. The average molecular weight is 374 g/mol. The van der Waals surface area contributed by atoms with Crippen LogP contribution in [0.1, 0.15) is 5.56 Å². The fraction of sp³-hybridized carbons (Fsp3) is 0.143. The van der Waals surface area contributed by atoms with Crippen LogP contribution >= 0.6 is 11.6 Å². The molecule has 0 aliphatic heterocycles. The second kappa shape index (κ2) is 7.34. The van der Waals surface area contributed by atoms with Crippen LogP contribution in [0.15, 0.2) is 37.2 Å². The summed E-state index contributed by atoms with van der Waals surface area (Å²) >= 11 is 5.55. The van der Waals surface area contributed by atoms with E-state index in [1.165, 1.54) is 12.1 Å². The Morgan fingerprint density at radius 1 is 1.32 bits per heavy atom.